The second-order valence-corrected chi connectivity index (χ2v) is 9.81. The molecule has 1 aliphatic rings. The minimum absolute atomic E-state index is 0.0595. The summed E-state index contributed by atoms with van der Waals surface area (Å²) in [4.78, 5) is 33.1. The van der Waals surface area contributed by atoms with E-state index < -0.39 is 0 Å². The molecular weight excluding hydrogens is 546 g/mol. The molecule has 1 aromatic heterocycles. The first-order valence-electron chi connectivity index (χ1n) is 14.7. The number of fused-ring (bicyclic) bond motifs is 1. The van der Waals surface area contributed by atoms with Crippen molar-refractivity contribution in [3.05, 3.63) is 59.2 Å². The summed E-state index contributed by atoms with van der Waals surface area (Å²) < 4.78 is 6.09. The lowest BCUT2D eigenvalue weighted by Gasteiger charge is -2.33. The average Bonchev–Trinajstić information content (AvgIpc) is 3.40. The zero-order valence-electron chi connectivity index (χ0n) is 26.3. The molecule has 43 heavy (non-hydrogen) atoms. The molecule has 1 aliphatic carbocycles. The quantitative estimate of drug-likeness (QED) is 0.210. The van der Waals surface area contributed by atoms with Crippen molar-refractivity contribution in [1.29, 1.82) is 0 Å². The third-order valence-electron chi connectivity index (χ3n) is 7.10. The van der Waals surface area contributed by atoms with Gasteiger partial charge in [0.1, 0.15) is 6.11 Å². The number of carbonyl (C=O) groups is 2. The van der Waals surface area contributed by atoms with Crippen LogP contribution >= 0.6 is 0 Å². The van der Waals surface area contributed by atoms with Gasteiger partial charge >= 0.3 is 0 Å². The fraction of sp³-hybridized carbons (Fsp3) is 0.485. The number of carbonyl (C=O) groups excluding carboxylic acids is 2. The molecular formula is C33H49N5O5. The number of aliphatic hydroxyl groups is 2. The number of aliphatic hydroxyl groups excluding tert-OH is 2. The van der Waals surface area contributed by atoms with E-state index >= 15 is 0 Å². The Bertz CT molecular complexity index is 1280. The standard InChI is InChI=1S/C28H37N5O2.C3H4O.2CH4O/c1-3-32(23-9-5-4-6-10-23)27(35)22-15-16-25-24(19-22)30-28(33(25)18-8-7-17-29)31-26(34)21-13-11-20(2)12-14-21;1-3-4-2;2*1-2/h11-16,19,23H,3-10,17-18,29H2,1-2H3,(H,30,31,34);1H,2H3;2*2H,1H3. The molecule has 236 valence electrons. The van der Waals surface area contributed by atoms with E-state index in [1.54, 1.807) is 0 Å². The predicted octanol–water partition coefficient (Wildman–Crippen LogP) is 4.57. The third-order valence-corrected chi connectivity index (χ3v) is 7.10. The maximum atomic E-state index is 13.4. The van der Waals surface area contributed by atoms with Crippen molar-refractivity contribution in [3.8, 4) is 12.5 Å². The van der Waals surface area contributed by atoms with Gasteiger partial charge in [0, 0.05) is 44.5 Å². The van der Waals surface area contributed by atoms with E-state index in [2.05, 4.69) is 23.4 Å². The van der Waals surface area contributed by atoms with Crippen LogP contribution in [0.5, 0.6) is 0 Å². The number of imidazole rings is 1. The highest BCUT2D eigenvalue weighted by Crippen LogP contribution is 2.26. The topological polar surface area (TPSA) is 143 Å². The minimum Gasteiger partial charge on any atom is -0.450 e. The molecule has 2 aromatic carbocycles. The van der Waals surface area contributed by atoms with E-state index in [-0.39, 0.29) is 11.8 Å². The summed E-state index contributed by atoms with van der Waals surface area (Å²) in [6.07, 6.45) is 14.0. The van der Waals surface area contributed by atoms with Gasteiger partial charge in [0.15, 0.2) is 0 Å². The number of methoxy groups -OCH3 is 1. The van der Waals surface area contributed by atoms with E-state index in [9.17, 15) is 9.59 Å². The number of nitrogens with zero attached hydrogens (tertiary/aromatic N) is 3. The number of anilines is 1. The SMILES string of the molecule is C#COC.CCN(C(=O)c1ccc2c(c1)nc(NC(=O)c1ccc(C)cc1)n2CCCCN)C1CCCCC1.CO.CO. The molecule has 2 amide bonds. The van der Waals surface area contributed by atoms with E-state index in [1.165, 1.54) is 26.4 Å². The molecule has 10 heteroatoms. The van der Waals surface area contributed by atoms with Crippen LogP contribution in [-0.2, 0) is 11.3 Å². The summed E-state index contributed by atoms with van der Waals surface area (Å²) in [5.74, 6) is 0.349. The molecule has 10 nitrogen and oxygen atoms in total. The molecule has 0 atom stereocenters. The van der Waals surface area contributed by atoms with Crippen molar-refractivity contribution in [2.75, 3.05) is 39.7 Å². The van der Waals surface area contributed by atoms with Gasteiger partial charge in [-0.3, -0.25) is 14.9 Å². The van der Waals surface area contributed by atoms with Crippen molar-refractivity contribution in [2.45, 2.75) is 71.4 Å². The molecule has 1 saturated carbocycles. The van der Waals surface area contributed by atoms with Gasteiger partial charge in [0.2, 0.25) is 5.95 Å². The normalized spacial score (nSPS) is 12.3. The van der Waals surface area contributed by atoms with Crippen LogP contribution in [0.1, 0.15) is 78.1 Å². The Balaban J connectivity index is 0.00000105. The predicted molar refractivity (Wildman–Crippen MR) is 173 cm³/mol. The van der Waals surface area contributed by atoms with Gasteiger partial charge in [-0.2, -0.15) is 0 Å². The molecule has 1 fully saturated rings. The van der Waals surface area contributed by atoms with Crippen molar-refractivity contribution >= 4 is 28.8 Å². The highest BCUT2D eigenvalue weighted by atomic mass is 16.5. The molecule has 0 unspecified atom stereocenters. The van der Waals surface area contributed by atoms with Crippen LogP contribution in [-0.4, -0.2) is 76.9 Å². The first-order chi connectivity index (χ1) is 20.9. The number of nitrogens with two attached hydrogens (primary N) is 1. The van der Waals surface area contributed by atoms with E-state index in [1.807, 2.05) is 65.0 Å². The summed E-state index contributed by atoms with van der Waals surface area (Å²) in [5.41, 5.74) is 9.65. The lowest BCUT2D eigenvalue weighted by molar-refractivity contribution is 0.0648. The van der Waals surface area contributed by atoms with Crippen LogP contribution < -0.4 is 11.1 Å². The van der Waals surface area contributed by atoms with Gasteiger partial charge in [-0.1, -0.05) is 43.4 Å². The lowest BCUT2D eigenvalue weighted by Crippen LogP contribution is -2.41. The summed E-state index contributed by atoms with van der Waals surface area (Å²) in [7, 11) is 3.44. The van der Waals surface area contributed by atoms with Crippen molar-refractivity contribution in [2.24, 2.45) is 5.73 Å². The summed E-state index contributed by atoms with van der Waals surface area (Å²) >= 11 is 0. The van der Waals surface area contributed by atoms with Gasteiger partial charge in [-0.15, -0.1) is 0 Å². The highest BCUT2D eigenvalue weighted by Gasteiger charge is 2.25. The number of hydrogen-bond acceptors (Lipinski definition) is 7. The average molecular weight is 596 g/mol. The number of amides is 2. The van der Waals surface area contributed by atoms with Gasteiger partial charge in [0.25, 0.3) is 11.8 Å². The van der Waals surface area contributed by atoms with Crippen molar-refractivity contribution in [1.82, 2.24) is 14.5 Å². The van der Waals surface area contributed by atoms with E-state index in [4.69, 9.17) is 20.9 Å². The first kappa shape index (κ1) is 37.1. The third kappa shape index (κ3) is 11.0. The van der Waals surface area contributed by atoms with Crippen LogP contribution in [0, 0.1) is 19.5 Å². The van der Waals surface area contributed by atoms with Crippen LogP contribution in [0.4, 0.5) is 5.95 Å². The number of benzene rings is 2. The number of ether oxygens (including phenoxy) is 1. The lowest BCUT2D eigenvalue weighted by atomic mass is 9.93. The number of aromatic nitrogens is 2. The molecule has 3 aromatic rings. The van der Waals surface area contributed by atoms with Gasteiger partial charge in [-0.25, -0.2) is 4.98 Å². The van der Waals surface area contributed by atoms with Gasteiger partial charge in [-0.05, 0) is 76.4 Å². The molecule has 5 N–H and O–H groups in total. The monoisotopic (exact) mass is 595 g/mol. The number of rotatable bonds is 9. The maximum absolute atomic E-state index is 13.4. The molecule has 0 aliphatic heterocycles. The molecule has 0 spiro atoms. The smallest absolute Gasteiger partial charge is 0.257 e. The van der Waals surface area contributed by atoms with Crippen LogP contribution in [0.15, 0.2) is 42.5 Å². The second-order valence-electron chi connectivity index (χ2n) is 9.81. The minimum atomic E-state index is -0.203. The van der Waals surface area contributed by atoms with Crippen LogP contribution in [0.2, 0.25) is 0 Å². The number of aryl methyl sites for hydroxylation is 2. The largest absolute Gasteiger partial charge is 0.450 e. The number of unbranched alkanes of at least 4 members (excludes halogenated alkanes) is 1. The van der Waals surface area contributed by atoms with E-state index in [0.29, 0.717) is 48.3 Å². The molecule has 0 bridgehead atoms. The Morgan fingerprint density at radius 2 is 1.67 bits per heavy atom. The Hall–Kier alpha value is -3.91. The van der Waals surface area contributed by atoms with Crippen LogP contribution in [0.25, 0.3) is 11.0 Å². The number of nitrogens with one attached hydrogen (secondary N) is 1. The number of hydrogen-bond donors (Lipinski definition) is 4. The Labute approximate surface area is 256 Å². The fourth-order valence-electron chi connectivity index (χ4n) is 5.00. The molecule has 0 radical (unpaired) electrons. The summed E-state index contributed by atoms with van der Waals surface area (Å²) in [6.45, 7) is 6.05. The molecule has 4 rings (SSSR count). The first-order valence-corrected chi connectivity index (χ1v) is 14.7. The Morgan fingerprint density at radius 1 is 1.07 bits per heavy atom. The van der Waals surface area contributed by atoms with Crippen molar-refractivity contribution in [3.63, 3.8) is 0 Å². The van der Waals surface area contributed by atoms with E-state index in [0.717, 1.165) is 51.0 Å². The van der Waals surface area contributed by atoms with Gasteiger partial charge < -0.3 is 30.2 Å². The van der Waals surface area contributed by atoms with Crippen molar-refractivity contribution < 1.29 is 24.5 Å². The molecule has 1 heterocycles. The van der Waals surface area contributed by atoms with Gasteiger partial charge in [0.05, 0.1) is 18.1 Å². The Morgan fingerprint density at radius 3 is 2.23 bits per heavy atom. The second kappa shape index (κ2) is 20.9. The zero-order valence-corrected chi connectivity index (χ0v) is 26.3. The Kier molecular flexibility index (Phi) is 18.0. The zero-order chi connectivity index (χ0) is 32.2. The van der Waals surface area contributed by atoms with Crippen LogP contribution in [0.3, 0.4) is 0 Å². The molecule has 0 saturated heterocycles. The number of terminal acetylenes is 1. The fourth-order valence-corrected chi connectivity index (χ4v) is 5.00. The summed E-state index contributed by atoms with van der Waals surface area (Å²) in [5, 5.41) is 17.0. The summed E-state index contributed by atoms with van der Waals surface area (Å²) in [6, 6.07) is 13.5. The highest BCUT2D eigenvalue weighted by molar-refractivity contribution is 6.04. The maximum Gasteiger partial charge on any atom is 0.257 e.